The van der Waals surface area contributed by atoms with E-state index >= 15 is 0 Å². The molecular formula is C9H8FNO2. The highest BCUT2D eigenvalue weighted by Crippen LogP contribution is 2.22. The highest BCUT2D eigenvalue weighted by atomic mass is 19.1. The van der Waals surface area contributed by atoms with Gasteiger partial charge in [0.15, 0.2) is 0 Å². The number of furan rings is 1. The number of hydrogen-bond acceptors (Lipinski definition) is 3. The summed E-state index contributed by atoms with van der Waals surface area (Å²) >= 11 is 0. The summed E-state index contributed by atoms with van der Waals surface area (Å²) in [6, 6.07) is 4.59. The van der Waals surface area contributed by atoms with Crippen LogP contribution in [0.5, 0.6) is 0 Å². The summed E-state index contributed by atoms with van der Waals surface area (Å²) in [5.74, 6) is 4.56. The maximum absolute atomic E-state index is 13.2. The van der Waals surface area contributed by atoms with Crippen LogP contribution in [0.4, 0.5) is 4.39 Å². The van der Waals surface area contributed by atoms with Gasteiger partial charge in [-0.05, 0) is 18.2 Å². The fourth-order valence-corrected chi connectivity index (χ4v) is 1.31. The zero-order valence-corrected chi connectivity index (χ0v) is 6.79. The lowest BCUT2D eigenvalue weighted by molar-refractivity contribution is 0.122. The minimum atomic E-state index is -0.334. The summed E-state index contributed by atoms with van der Waals surface area (Å²) in [6.07, 6.45) is 1.50. The molecule has 0 spiro atoms. The molecule has 68 valence electrons. The topological polar surface area (TPSA) is 48.4 Å². The molecule has 0 aliphatic rings. The predicted octanol–water partition coefficient (Wildman–Crippen LogP) is 1.96. The van der Waals surface area contributed by atoms with Gasteiger partial charge >= 0.3 is 0 Å². The largest absolute Gasteiger partial charge is 0.464 e. The fourth-order valence-electron chi connectivity index (χ4n) is 1.31. The Kier molecular flexibility index (Phi) is 2.00. The van der Waals surface area contributed by atoms with Crippen LogP contribution in [-0.4, -0.2) is 0 Å². The first-order valence-corrected chi connectivity index (χ1v) is 3.79. The monoisotopic (exact) mass is 181 g/mol. The first-order valence-electron chi connectivity index (χ1n) is 3.79. The van der Waals surface area contributed by atoms with E-state index in [0.717, 1.165) is 0 Å². The lowest BCUT2D eigenvalue weighted by atomic mass is 10.1. The molecule has 0 bridgehead atoms. The number of hydrogen-bond donors (Lipinski definition) is 1. The fraction of sp³-hybridized carbons (Fsp3) is 0.111. The number of nitrogens with two attached hydrogens (primary N) is 1. The van der Waals surface area contributed by atoms with Gasteiger partial charge in [-0.3, -0.25) is 4.84 Å². The van der Waals surface area contributed by atoms with Gasteiger partial charge < -0.3 is 4.42 Å². The number of fused-ring (bicyclic) bond motifs is 1. The second-order valence-electron chi connectivity index (χ2n) is 2.67. The van der Waals surface area contributed by atoms with Crippen LogP contribution in [0.2, 0.25) is 0 Å². The predicted molar refractivity (Wildman–Crippen MR) is 45.1 cm³/mol. The SMILES string of the molecule is NOCc1c(F)ccc2occc12. The molecule has 0 aliphatic heterocycles. The Morgan fingerprint density at radius 1 is 1.38 bits per heavy atom. The third-order valence-electron chi connectivity index (χ3n) is 1.92. The summed E-state index contributed by atoms with van der Waals surface area (Å²) in [5.41, 5.74) is 1.06. The van der Waals surface area contributed by atoms with Gasteiger partial charge in [0, 0.05) is 10.9 Å². The maximum Gasteiger partial charge on any atom is 0.134 e. The van der Waals surface area contributed by atoms with Crippen LogP contribution in [-0.2, 0) is 11.4 Å². The summed E-state index contributed by atoms with van der Waals surface area (Å²) in [6.45, 7) is 0.0444. The molecule has 0 radical (unpaired) electrons. The molecule has 2 rings (SSSR count). The maximum atomic E-state index is 13.2. The van der Waals surface area contributed by atoms with Gasteiger partial charge in [-0.2, -0.15) is 0 Å². The molecule has 0 unspecified atom stereocenters. The van der Waals surface area contributed by atoms with E-state index in [1.54, 1.807) is 12.1 Å². The number of halogens is 1. The van der Waals surface area contributed by atoms with Crippen molar-refractivity contribution in [2.75, 3.05) is 0 Å². The average Bonchev–Trinajstić information content (AvgIpc) is 2.58. The molecule has 0 fully saturated rings. The van der Waals surface area contributed by atoms with Crippen molar-refractivity contribution in [3.05, 3.63) is 35.8 Å². The molecule has 3 nitrogen and oxygen atoms in total. The normalized spacial score (nSPS) is 10.9. The van der Waals surface area contributed by atoms with E-state index in [1.807, 2.05) is 0 Å². The summed E-state index contributed by atoms with van der Waals surface area (Å²) in [4.78, 5) is 4.40. The van der Waals surface area contributed by atoms with Crippen LogP contribution < -0.4 is 5.90 Å². The Morgan fingerprint density at radius 3 is 3.00 bits per heavy atom. The first-order chi connectivity index (χ1) is 6.33. The molecule has 0 saturated carbocycles. The molecule has 0 atom stereocenters. The lowest BCUT2D eigenvalue weighted by Crippen LogP contribution is -2.01. The number of benzene rings is 1. The van der Waals surface area contributed by atoms with Crippen molar-refractivity contribution in [1.29, 1.82) is 0 Å². The Balaban J connectivity index is 2.66. The van der Waals surface area contributed by atoms with Crippen LogP contribution in [0.15, 0.2) is 28.9 Å². The van der Waals surface area contributed by atoms with E-state index in [9.17, 15) is 4.39 Å². The second kappa shape index (κ2) is 3.16. The molecule has 1 heterocycles. The molecule has 2 aromatic rings. The molecule has 1 aromatic carbocycles. The minimum absolute atomic E-state index is 0.0444. The van der Waals surface area contributed by atoms with Crippen molar-refractivity contribution in [2.45, 2.75) is 6.61 Å². The Labute approximate surface area is 73.8 Å². The van der Waals surface area contributed by atoms with Crippen molar-refractivity contribution in [1.82, 2.24) is 0 Å². The van der Waals surface area contributed by atoms with Gasteiger partial charge in [-0.25, -0.2) is 10.3 Å². The highest BCUT2D eigenvalue weighted by molar-refractivity contribution is 5.80. The number of rotatable bonds is 2. The summed E-state index contributed by atoms with van der Waals surface area (Å²) < 4.78 is 18.3. The molecule has 0 saturated heterocycles. The van der Waals surface area contributed by atoms with E-state index in [0.29, 0.717) is 16.5 Å². The zero-order valence-electron chi connectivity index (χ0n) is 6.79. The average molecular weight is 181 g/mol. The quantitative estimate of drug-likeness (QED) is 0.720. The Hall–Kier alpha value is -1.39. The van der Waals surface area contributed by atoms with E-state index < -0.39 is 0 Å². The van der Waals surface area contributed by atoms with Crippen molar-refractivity contribution in [3.63, 3.8) is 0 Å². The van der Waals surface area contributed by atoms with Gasteiger partial charge in [0.2, 0.25) is 0 Å². The van der Waals surface area contributed by atoms with Gasteiger partial charge in [0.1, 0.15) is 11.4 Å². The van der Waals surface area contributed by atoms with E-state index in [4.69, 9.17) is 10.3 Å². The van der Waals surface area contributed by atoms with Crippen LogP contribution in [0, 0.1) is 5.82 Å². The lowest BCUT2D eigenvalue weighted by Gasteiger charge is -2.01. The zero-order chi connectivity index (χ0) is 9.26. The summed E-state index contributed by atoms with van der Waals surface area (Å²) in [7, 11) is 0. The van der Waals surface area contributed by atoms with Crippen molar-refractivity contribution < 1.29 is 13.6 Å². The van der Waals surface area contributed by atoms with Crippen molar-refractivity contribution in [2.24, 2.45) is 5.90 Å². The minimum Gasteiger partial charge on any atom is -0.464 e. The van der Waals surface area contributed by atoms with Crippen LogP contribution in [0.3, 0.4) is 0 Å². The molecule has 0 aliphatic carbocycles. The second-order valence-corrected chi connectivity index (χ2v) is 2.67. The summed E-state index contributed by atoms with van der Waals surface area (Å²) in [5, 5.41) is 0.699. The molecule has 2 N–H and O–H groups in total. The third-order valence-corrected chi connectivity index (χ3v) is 1.92. The van der Waals surface area contributed by atoms with Crippen LogP contribution in [0.25, 0.3) is 11.0 Å². The molecule has 4 heteroatoms. The molecule has 1 aromatic heterocycles. The third kappa shape index (κ3) is 1.30. The van der Waals surface area contributed by atoms with E-state index in [2.05, 4.69) is 4.84 Å². The van der Waals surface area contributed by atoms with E-state index in [-0.39, 0.29) is 12.4 Å². The Morgan fingerprint density at radius 2 is 2.23 bits per heavy atom. The molecular weight excluding hydrogens is 173 g/mol. The van der Waals surface area contributed by atoms with Crippen LogP contribution in [0.1, 0.15) is 5.56 Å². The molecule has 13 heavy (non-hydrogen) atoms. The van der Waals surface area contributed by atoms with Gasteiger partial charge in [0.05, 0.1) is 12.9 Å². The smallest absolute Gasteiger partial charge is 0.134 e. The standard InChI is InChI=1S/C9H8FNO2/c10-8-1-2-9-6(3-4-12-9)7(8)5-13-11/h1-4H,5,11H2. The van der Waals surface area contributed by atoms with Gasteiger partial charge in [-0.1, -0.05) is 0 Å². The first kappa shape index (κ1) is 8.22. The van der Waals surface area contributed by atoms with Crippen molar-refractivity contribution >= 4 is 11.0 Å². The van der Waals surface area contributed by atoms with E-state index in [1.165, 1.54) is 12.3 Å². The van der Waals surface area contributed by atoms with Crippen molar-refractivity contribution in [3.8, 4) is 0 Å². The Bertz CT molecular complexity index is 424. The molecule has 0 amide bonds. The van der Waals surface area contributed by atoms with Gasteiger partial charge in [-0.15, -0.1) is 0 Å². The van der Waals surface area contributed by atoms with Gasteiger partial charge in [0.25, 0.3) is 0 Å². The van der Waals surface area contributed by atoms with Crippen LogP contribution >= 0.6 is 0 Å². The highest BCUT2D eigenvalue weighted by Gasteiger charge is 2.08.